The lowest BCUT2D eigenvalue weighted by atomic mass is 9.90. The zero-order chi connectivity index (χ0) is 13.5. The summed E-state index contributed by atoms with van der Waals surface area (Å²) in [6.45, 7) is 2.88. The Bertz CT molecular complexity index is 473. The topological polar surface area (TPSA) is 26.0 Å². The molecule has 0 aliphatic rings. The lowest BCUT2D eigenvalue weighted by molar-refractivity contribution is 0.790. The Balaban J connectivity index is 2.15. The Kier molecular flexibility index (Phi) is 5.17. The first-order valence-electron chi connectivity index (χ1n) is 7.19. The number of nitrogens with two attached hydrogens (primary N) is 1. The second kappa shape index (κ2) is 7.10. The van der Waals surface area contributed by atoms with Crippen LogP contribution < -0.4 is 5.73 Å². The first-order valence-corrected chi connectivity index (χ1v) is 7.19. The molecule has 1 atom stereocenters. The minimum Gasteiger partial charge on any atom is -0.330 e. The van der Waals surface area contributed by atoms with Crippen molar-refractivity contribution in [1.29, 1.82) is 0 Å². The van der Waals surface area contributed by atoms with E-state index in [1.54, 1.807) is 0 Å². The molecule has 100 valence electrons. The van der Waals surface area contributed by atoms with Gasteiger partial charge >= 0.3 is 0 Å². The molecule has 0 bridgehead atoms. The summed E-state index contributed by atoms with van der Waals surface area (Å²) in [7, 11) is 0. The molecule has 1 nitrogen and oxygen atoms in total. The molecular formula is C18H23N. The van der Waals surface area contributed by atoms with Crippen molar-refractivity contribution in [1.82, 2.24) is 0 Å². The highest BCUT2D eigenvalue weighted by Crippen LogP contribution is 2.24. The van der Waals surface area contributed by atoms with Gasteiger partial charge in [-0.15, -0.1) is 0 Å². The largest absolute Gasteiger partial charge is 0.330 e. The van der Waals surface area contributed by atoms with Crippen LogP contribution in [-0.2, 0) is 6.42 Å². The fourth-order valence-corrected chi connectivity index (χ4v) is 2.45. The van der Waals surface area contributed by atoms with Crippen LogP contribution in [0.25, 0.3) is 0 Å². The predicted octanol–water partition coefficient (Wildman–Crippen LogP) is 4.12. The Morgan fingerprint density at radius 1 is 0.895 bits per heavy atom. The molecule has 19 heavy (non-hydrogen) atoms. The van der Waals surface area contributed by atoms with Crippen molar-refractivity contribution < 1.29 is 0 Å². The van der Waals surface area contributed by atoms with Gasteiger partial charge in [-0.05, 0) is 29.5 Å². The smallest absolute Gasteiger partial charge is 0.0212 e. The molecule has 0 spiro atoms. The van der Waals surface area contributed by atoms with E-state index < -0.39 is 0 Å². The van der Waals surface area contributed by atoms with Gasteiger partial charge in [-0.3, -0.25) is 0 Å². The van der Waals surface area contributed by atoms with Gasteiger partial charge in [0.1, 0.15) is 0 Å². The van der Waals surface area contributed by atoms with Crippen molar-refractivity contribution >= 4 is 0 Å². The number of hydrogen-bond donors (Lipinski definition) is 1. The van der Waals surface area contributed by atoms with E-state index in [1.807, 2.05) is 6.07 Å². The summed E-state index contributed by atoms with van der Waals surface area (Å²) in [5, 5.41) is 0. The molecule has 0 radical (unpaired) electrons. The summed E-state index contributed by atoms with van der Waals surface area (Å²) in [6.07, 6.45) is 3.69. The van der Waals surface area contributed by atoms with Crippen LogP contribution in [0.3, 0.4) is 0 Å². The SMILES string of the molecule is CCCCc1ccc(C(CN)c2ccccc2)cc1. The van der Waals surface area contributed by atoms with Gasteiger partial charge in [0.15, 0.2) is 0 Å². The Morgan fingerprint density at radius 2 is 1.53 bits per heavy atom. The van der Waals surface area contributed by atoms with Crippen LogP contribution >= 0.6 is 0 Å². The van der Waals surface area contributed by atoms with Gasteiger partial charge in [0.2, 0.25) is 0 Å². The van der Waals surface area contributed by atoms with E-state index in [-0.39, 0.29) is 0 Å². The van der Waals surface area contributed by atoms with Crippen molar-refractivity contribution in [3.05, 3.63) is 71.3 Å². The minimum atomic E-state index is 0.307. The van der Waals surface area contributed by atoms with E-state index in [0.29, 0.717) is 12.5 Å². The zero-order valence-corrected chi connectivity index (χ0v) is 11.7. The highest BCUT2D eigenvalue weighted by molar-refractivity contribution is 5.34. The maximum absolute atomic E-state index is 5.96. The standard InChI is InChI=1S/C18H23N/c1-2-3-7-15-10-12-17(13-11-15)18(14-19)16-8-5-4-6-9-16/h4-6,8-13,18H,2-3,7,14,19H2,1H3. The summed E-state index contributed by atoms with van der Waals surface area (Å²) in [6, 6.07) is 19.5. The average Bonchev–Trinajstić information content (AvgIpc) is 2.48. The highest BCUT2D eigenvalue weighted by atomic mass is 14.5. The van der Waals surface area contributed by atoms with Crippen LogP contribution in [0.4, 0.5) is 0 Å². The predicted molar refractivity (Wildman–Crippen MR) is 82.4 cm³/mol. The van der Waals surface area contributed by atoms with Crippen molar-refractivity contribution in [3.8, 4) is 0 Å². The number of unbranched alkanes of at least 4 members (excludes halogenated alkanes) is 1. The monoisotopic (exact) mass is 253 g/mol. The van der Waals surface area contributed by atoms with Crippen molar-refractivity contribution in [2.24, 2.45) is 5.73 Å². The first-order chi connectivity index (χ1) is 9.35. The normalized spacial score (nSPS) is 12.3. The van der Waals surface area contributed by atoms with E-state index in [2.05, 4.69) is 55.5 Å². The van der Waals surface area contributed by atoms with Gasteiger partial charge in [-0.2, -0.15) is 0 Å². The molecule has 2 aromatic carbocycles. The highest BCUT2D eigenvalue weighted by Gasteiger charge is 2.11. The molecular weight excluding hydrogens is 230 g/mol. The van der Waals surface area contributed by atoms with Gasteiger partial charge in [0.25, 0.3) is 0 Å². The molecule has 0 saturated heterocycles. The average molecular weight is 253 g/mol. The summed E-state index contributed by atoms with van der Waals surface area (Å²) in [4.78, 5) is 0. The van der Waals surface area contributed by atoms with Crippen LogP contribution in [0.15, 0.2) is 54.6 Å². The van der Waals surface area contributed by atoms with Crippen LogP contribution in [0.5, 0.6) is 0 Å². The van der Waals surface area contributed by atoms with Crippen LogP contribution in [0.1, 0.15) is 42.4 Å². The third-order valence-corrected chi connectivity index (χ3v) is 3.64. The quantitative estimate of drug-likeness (QED) is 0.823. The number of rotatable bonds is 6. The van der Waals surface area contributed by atoms with Crippen LogP contribution in [-0.4, -0.2) is 6.54 Å². The van der Waals surface area contributed by atoms with Crippen LogP contribution in [0, 0.1) is 0 Å². The Hall–Kier alpha value is -1.60. The van der Waals surface area contributed by atoms with E-state index in [0.717, 1.165) is 0 Å². The first kappa shape index (κ1) is 13.8. The molecule has 0 amide bonds. The Labute approximate surface area is 116 Å². The number of benzene rings is 2. The van der Waals surface area contributed by atoms with E-state index in [4.69, 9.17) is 5.73 Å². The van der Waals surface area contributed by atoms with Gasteiger partial charge in [-0.25, -0.2) is 0 Å². The fraction of sp³-hybridized carbons (Fsp3) is 0.333. The summed E-state index contributed by atoms with van der Waals surface area (Å²) >= 11 is 0. The second-order valence-electron chi connectivity index (χ2n) is 5.04. The molecule has 2 rings (SSSR count). The second-order valence-corrected chi connectivity index (χ2v) is 5.04. The molecule has 0 aromatic heterocycles. The molecule has 0 fully saturated rings. The molecule has 0 aliphatic heterocycles. The molecule has 2 N–H and O–H groups in total. The van der Waals surface area contributed by atoms with Crippen molar-refractivity contribution in [2.75, 3.05) is 6.54 Å². The van der Waals surface area contributed by atoms with Crippen molar-refractivity contribution in [3.63, 3.8) is 0 Å². The fourth-order valence-electron chi connectivity index (χ4n) is 2.45. The molecule has 0 aliphatic carbocycles. The maximum Gasteiger partial charge on any atom is 0.0212 e. The Morgan fingerprint density at radius 3 is 2.11 bits per heavy atom. The van der Waals surface area contributed by atoms with Gasteiger partial charge in [0.05, 0.1) is 0 Å². The van der Waals surface area contributed by atoms with Gasteiger partial charge < -0.3 is 5.73 Å². The van der Waals surface area contributed by atoms with E-state index in [9.17, 15) is 0 Å². The molecule has 1 heteroatoms. The van der Waals surface area contributed by atoms with Gasteiger partial charge in [0, 0.05) is 12.5 Å². The van der Waals surface area contributed by atoms with Crippen LogP contribution in [0.2, 0.25) is 0 Å². The summed E-state index contributed by atoms with van der Waals surface area (Å²) in [5.74, 6) is 0.307. The number of aryl methyl sites for hydroxylation is 1. The van der Waals surface area contributed by atoms with E-state index >= 15 is 0 Å². The molecule has 1 unspecified atom stereocenters. The third kappa shape index (κ3) is 3.68. The molecule has 0 saturated carbocycles. The summed E-state index contributed by atoms with van der Waals surface area (Å²) in [5.41, 5.74) is 9.99. The lowest BCUT2D eigenvalue weighted by Gasteiger charge is -2.16. The maximum atomic E-state index is 5.96. The lowest BCUT2D eigenvalue weighted by Crippen LogP contribution is -2.13. The third-order valence-electron chi connectivity index (χ3n) is 3.64. The van der Waals surface area contributed by atoms with Crippen molar-refractivity contribution in [2.45, 2.75) is 32.1 Å². The molecule has 2 aromatic rings. The number of hydrogen-bond acceptors (Lipinski definition) is 1. The summed E-state index contributed by atoms with van der Waals surface area (Å²) < 4.78 is 0. The zero-order valence-electron chi connectivity index (χ0n) is 11.7. The molecule has 0 heterocycles. The van der Waals surface area contributed by atoms with E-state index in [1.165, 1.54) is 36.0 Å². The van der Waals surface area contributed by atoms with Gasteiger partial charge in [-0.1, -0.05) is 67.9 Å². The minimum absolute atomic E-state index is 0.307.